The van der Waals surface area contributed by atoms with E-state index in [1.54, 1.807) is 19.1 Å². The Hall–Kier alpha value is -4.03. The Kier molecular flexibility index (Phi) is 9.27. The van der Waals surface area contributed by atoms with Crippen molar-refractivity contribution in [2.45, 2.75) is 26.1 Å². The number of nitrogens with zero attached hydrogens (tertiary/aromatic N) is 5. The van der Waals surface area contributed by atoms with Crippen molar-refractivity contribution in [3.63, 3.8) is 0 Å². The molecule has 1 heterocycles. The summed E-state index contributed by atoms with van der Waals surface area (Å²) in [6.45, 7) is 1.55. The van der Waals surface area contributed by atoms with Crippen LogP contribution in [-0.2, 0) is 22.4 Å². The Bertz CT molecular complexity index is 1010. The minimum atomic E-state index is -4.39. The minimum absolute atomic E-state index is 0.00627. The third-order valence-corrected chi connectivity index (χ3v) is 3.98. The topological polar surface area (TPSA) is 144 Å². The van der Waals surface area contributed by atoms with E-state index in [1.807, 2.05) is 0 Å². The van der Waals surface area contributed by atoms with E-state index >= 15 is 0 Å². The van der Waals surface area contributed by atoms with Gasteiger partial charge in [-0.25, -0.2) is 4.98 Å². The second-order valence-electron chi connectivity index (χ2n) is 6.47. The van der Waals surface area contributed by atoms with E-state index in [-0.39, 0.29) is 37.9 Å². The monoisotopic (exact) mass is 466 g/mol. The Balaban J connectivity index is 1.84. The number of alkyl halides is 3. The van der Waals surface area contributed by atoms with Crippen LogP contribution in [0.5, 0.6) is 5.88 Å². The number of azo groups is 1. The van der Waals surface area contributed by atoms with Crippen molar-refractivity contribution in [2.75, 3.05) is 13.2 Å². The molecule has 0 atom stereocenters. The van der Waals surface area contributed by atoms with Crippen LogP contribution in [0.15, 0.2) is 63.1 Å². The van der Waals surface area contributed by atoms with Gasteiger partial charge >= 0.3 is 12.1 Å². The molecule has 13 heteroatoms. The van der Waals surface area contributed by atoms with Crippen molar-refractivity contribution >= 4 is 17.5 Å². The van der Waals surface area contributed by atoms with Gasteiger partial charge in [0, 0.05) is 17.8 Å². The molecule has 1 aromatic heterocycles. The summed E-state index contributed by atoms with van der Waals surface area (Å²) in [6, 6.07) is 7.86. The SMILES string of the molecule is C/C(=N\OCc1ccc(C(F)(F)F)cc1)c1ccc(OCC(N=NCCC(=O)O)=NN)nc1. The van der Waals surface area contributed by atoms with Crippen LogP contribution in [0.2, 0.25) is 0 Å². The zero-order valence-electron chi connectivity index (χ0n) is 17.5. The maximum Gasteiger partial charge on any atom is 0.416 e. The summed E-state index contributed by atoms with van der Waals surface area (Å²) in [5.74, 6) is 4.51. The highest BCUT2D eigenvalue weighted by Gasteiger charge is 2.29. The molecule has 2 aromatic rings. The van der Waals surface area contributed by atoms with Crippen LogP contribution in [0.1, 0.15) is 30.0 Å². The van der Waals surface area contributed by atoms with Gasteiger partial charge in [-0.1, -0.05) is 17.3 Å². The van der Waals surface area contributed by atoms with Crippen LogP contribution in [0.25, 0.3) is 0 Å². The lowest BCUT2D eigenvalue weighted by molar-refractivity contribution is -0.138. The summed E-state index contributed by atoms with van der Waals surface area (Å²) in [5.41, 5.74) is 0.942. The van der Waals surface area contributed by atoms with Crippen LogP contribution in [0.4, 0.5) is 13.2 Å². The number of carboxylic acid groups (broad SMARTS) is 1. The Morgan fingerprint density at radius 1 is 1.18 bits per heavy atom. The number of carbonyl (C=O) groups is 1. The number of carboxylic acids is 1. The molecule has 3 N–H and O–H groups in total. The molecule has 33 heavy (non-hydrogen) atoms. The second-order valence-corrected chi connectivity index (χ2v) is 6.47. The molecular formula is C20H21F3N6O4. The number of ether oxygens (including phenoxy) is 1. The number of oxime groups is 1. The standard InChI is InChI=1S/C20H21F3N6O4/c1-13(29-33-11-14-2-5-16(6-3-14)20(21,22)23)15-4-7-18(25-10-15)32-12-17(27-24)28-26-9-8-19(30)31/h2-7,10H,8-9,11-12,24H2,1H3,(H,30,31)/b27-17?,28-26?,29-13+. The molecule has 1 aromatic carbocycles. The van der Waals surface area contributed by atoms with Gasteiger partial charge < -0.3 is 20.5 Å². The predicted molar refractivity (Wildman–Crippen MR) is 112 cm³/mol. The summed E-state index contributed by atoms with van der Waals surface area (Å²) in [5, 5.41) is 23.2. The molecule has 0 saturated heterocycles. The van der Waals surface area contributed by atoms with E-state index in [2.05, 4.69) is 25.5 Å². The number of aliphatic carboxylic acids is 1. The first kappa shape index (κ1) is 25.2. The largest absolute Gasteiger partial charge is 0.481 e. The molecule has 176 valence electrons. The maximum atomic E-state index is 12.6. The van der Waals surface area contributed by atoms with E-state index in [4.69, 9.17) is 20.5 Å². The number of aromatic nitrogens is 1. The first-order valence-corrected chi connectivity index (χ1v) is 9.47. The van der Waals surface area contributed by atoms with Crippen molar-refractivity contribution in [3.8, 4) is 5.88 Å². The van der Waals surface area contributed by atoms with Gasteiger partial charge in [0.1, 0.15) is 6.61 Å². The predicted octanol–water partition coefficient (Wildman–Crippen LogP) is 3.62. The molecule has 0 unspecified atom stereocenters. The average Bonchev–Trinajstić information content (AvgIpc) is 2.78. The molecule has 0 radical (unpaired) electrons. The first-order chi connectivity index (χ1) is 15.7. The molecule has 0 fully saturated rings. The normalized spacial score (nSPS) is 12.7. The fourth-order valence-electron chi connectivity index (χ4n) is 2.23. The summed E-state index contributed by atoms with van der Waals surface area (Å²) >= 11 is 0. The average molecular weight is 466 g/mol. The van der Waals surface area contributed by atoms with Gasteiger partial charge in [-0.15, -0.1) is 5.11 Å². The molecule has 0 saturated carbocycles. The number of halogens is 3. The highest BCUT2D eigenvalue weighted by atomic mass is 19.4. The Morgan fingerprint density at radius 3 is 2.48 bits per heavy atom. The van der Waals surface area contributed by atoms with Gasteiger partial charge in [-0.3, -0.25) is 4.79 Å². The lowest BCUT2D eigenvalue weighted by atomic mass is 10.1. The second kappa shape index (κ2) is 12.1. The van der Waals surface area contributed by atoms with Crippen LogP contribution >= 0.6 is 0 Å². The van der Waals surface area contributed by atoms with Crippen LogP contribution in [0, 0.1) is 0 Å². The molecule has 10 nitrogen and oxygen atoms in total. The summed E-state index contributed by atoms with van der Waals surface area (Å²) in [7, 11) is 0. The molecule has 0 spiro atoms. The van der Waals surface area contributed by atoms with E-state index in [9.17, 15) is 18.0 Å². The lowest BCUT2D eigenvalue weighted by Gasteiger charge is -2.07. The summed E-state index contributed by atoms with van der Waals surface area (Å²) in [6.07, 6.45) is -3.06. The number of hydrazone groups is 1. The molecular weight excluding hydrogens is 445 g/mol. The fraction of sp³-hybridized carbons (Fsp3) is 0.300. The number of pyridine rings is 1. The van der Waals surface area contributed by atoms with E-state index < -0.39 is 17.7 Å². The Morgan fingerprint density at radius 2 is 1.91 bits per heavy atom. The summed E-state index contributed by atoms with van der Waals surface area (Å²) < 4.78 is 43.1. The van der Waals surface area contributed by atoms with Crippen molar-refractivity contribution in [2.24, 2.45) is 26.3 Å². The van der Waals surface area contributed by atoms with Gasteiger partial charge in [-0.05, 0) is 30.7 Å². The molecule has 2 rings (SSSR count). The van der Waals surface area contributed by atoms with E-state index in [1.165, 1.54) is 18.3 Å². The zero-order chi connectivity index (χ0) is 24.3. The smallest absolute Gasteiger partial charge is 0.416 e. The maximum absolute atomic E-state index is 12.6. The summed E-state index contributed by atoms with van der Waals surface area (Å²) in [4.78, 5) is 19.7. The van der Waals surface area contributed by atoms with Crippen molar-refractivity contribution < 1.29 is 32.6 Å². The molecule has 0 amide bonds. The van der Waals surface area contributed by atoms with Gasteiger partial charge in [0.25, 0.3) is 0 Å². The third kappa shape index (κ3) is 8.93. The molecule has 0 aliphatic carbocycles. The number of hydrogen-bond acceptors (Lipinski definition) is 8. The van der Waals surface area contributed by atoms with Gasteiger partial charge in [-0.2, -0.15) is 23.4 Å². The van der Waals surface area contributed by atoms with Crippen LogP contribution in [-0.4, -0.2) is 40.8 Å². The molecule has 0 aliphatic rings. The van der Waals surface area contributed by atoms with Gasteiger partial charge in [0.2, 0.25) is 11.7 Å². The van der Waals surface area contributed by atoms with Crippen LogP contribution < -0.4 is 10.6 Å². The number of rotatable bonds is 10. The third-order valence-electron chi connectivity index (χ3n) is 3.98. The first-order valence-electron chi connectivity index (χ1n) is 9.47. The van der Waals surface area contributed by atoms with Gasteiger partial charge in [0.05, 0.1) is 24.2 Å². The van der Waals surface area contributed by atoms with Crippen LogP contribution in [0.3, 0.4) is 0 Å². The number of benzene rings is 1. The fourth-order valence-corrected chi connectivity index (χ4v) is 2.23. The van der Waals surface area contributed by atoms with E-state index in [0.29, 0.717) is 16.8 Å². The Labute approximate surface area is 186 Å². The van der Waals surface area contributed by atoms with Crippen molar-refractivity contribution in [3.05, 3.63) is 59.3 Å². The highest BCUT2D eigenvalue weighted by molar-refractivity contribution is 5.98. The zero-order valence-corrected chi connectivity index (χ0v) is 17.5. The number of hydrogen-bond donors (Lipinski definition) is 2. The molecule has 0 bridgehead atoms. The molecule has 0 aliphatic heterocycles. The number of nitrogens with two attached hydrogens (primary N) is 1. The van der Waals surface area contributed by atoms with Gasteiger partial charge in [0.15, 0.2) is 6.61 Å². The van der Waals surface area contributed by atoms with E-state index in [0.717, 1.165) is 12.1 Å². The lowest BCUT2D eigenvalue weighted by Crippen LogP contribution is -2.12. The quantitative estimate of drug-likeness (QED) is 0.180. The number of amidine groups is 1. The highest BCUT2D eigenvalue weighted by Crippen LogP contribution is 2.29. The minimum Gasteiger partial charge on any atom is -0.481 e. The van der Waals surface area contributed by atoms with Crippen molar-refractivity contribution in [1.82, 2.24) is 4.98 Å². The van der Waals surface area contributed by atoms with Crippen molar-refractivity contribution in [1.29, 1.82) is 0 Å².